The predicted octanol–water partition coefficient (Wildman–Crippen LogP) is 3.65. The third kappa shape index (κ3) is 4.73. The summed E-state index contributed by atoms with van der Waals surface area (Å²) < 4.78 is 5.75. The fourth-order valence-electron chi connectivity index (χ4n) is 3.52. The van der Waals surface area contributed by atoms with Crippen molar-refractivity contribution in [1.29, 1.82) is 0 Å². The summed E-state index contributed by atoms with van der Waals surface area (Å²) in [5.41, 5.74) is 7.03. The number of nitrogen functional groups attached to an aromatic ring is 1. The molecule has 0 amide bonds. The van der Waals surface area contributed by atoms with Gasteiger partial charge in [-0.1, -0.05) is 36.8 Å². The smallest absolute Gasteiger partial charge is 0.295 e. The predicted molar refractivity (Wildman–Crippen MR) is 102 cm³/mol. The molecular weight excluding hydrogens is 330 g/mol. The molecule has 2 N–H and O–H groups in total. The summed E-state index contributed by atoms with van der Waals surface area (Å²) in [4.78, 5) is 13.0. The lowest BCUT2D eigenvalue weighted by Crippen LogP contribution is -2.43. The number of rotatable bonds is 7. The highest BCUT2D eigenvalue weighted by molar-refractivity contribution is 5.60. The normalized spacial score (nSPS) is 17.8. The standard InChI is InChI=1S/C20H25N3O3/c21-19-10-9-18(15-20(19)23(24)25)26-13-12-22-11-5-4-8-17(22)14-16-6-2-1-3-7-16/h1-3,6-7,9-10,15,17H,4-5,8,11-14,21H2. The minimum Gasteiger partial charge on any atom is -0.492 e. The summed E-state index contributed by atoms with van der Waals surface area (Å²) in [5, 5.41) is 11.0. The number of ether oxygens (including phenoxy) is 1. The van der Waals surface area contributed by atoms with E-state index in [1.54, 1.807) is 6.07 Å². The highest BCUT2D eigenvalue weighted by Gasteiger charge is 2.22. The number of nitrogens with two attached hydrogens (primary N) is 1. The van der Waals surface area contributed by atoms with Gasteiger partial charge in [-0.15, -0.1) is 0 Å². The molecule has 1 aliphatic heterocycles. The molecule has 138 valence electrons. The van der Waals surface area contributed by atoms with Crippen molar-refractivity contribution in [3.05, 3.63) is 64.2 Å². The fourth-order valence-corrected chi connectivity index (χ4v) is 3.52. The molecule has 1 fully saturated rings. The van der Waals surface area contributed by atoms with Crippen LogP contribution >= 0.6 is 0 Å². The second-order valence-electron chi connectivity index (χ2n) is 6.70. The average Bonchev–Trinajstić information content (AvgIpc) is 2.65. The molecule has 0 bridgehead atoms. The summed E-state index contributed by atoms with van der Waals surface area (Å²) in [6.45, 7) is 2.39. The third-order valence-electron chi connectivity index (χ3n) is 4.91. The molecule has 0 aliphatic carbocycles. The Bertz CT molecular complexity index is 736. The molecule has 2 aromatic carbocycles. The molecule has 1 unspecified atom stereocenters. The second-order valence-corrected chi connectivity index (χ2v) is 6.70. The Kier molecular flexibility index (Phi) is 6.07. The SMILES string of the molecule is Nc1ccc(OCCN2CCCCC2Cc2ccccc2)cc1[N+](=O)[O-]. The van der Waals surface area contributed by atoms with E-state index in [9.17, 15) is 10.1 Å². The maximum atomic E-state index is 11.0. The zero-order valence-corrected chi connectivity index (χ0v) is 14.8. The van der Waals surface area contributed by atoms with Gasteiger partial charge < -0.3 is 10.5 Å². The number of anilines is 1. The van der Waals surface area contributed by atoms with Gasteiger partial charge in [-0.2, -0.15) is 0 Å². The van der Waals surface area contributed by atoms with Gasteiger partial charge in [0.1, 0.15) is 18.0 Å². The molecular formula is C20H25N3O3. The van der Waals surface area contributed by atoms with Gasteiger partial charge in [0.2, 0.25) is 0 Å². The molecule has 0 saturated carbocycles. The number of benzene rings is 2. The van der Waals surface area contributed by atoms with Crippen LogP contribution in [0.5, 0.6) is 5.75 Å². The van der Waals surface area contributed by atoms with Crippen molar-refractivity contribution in [1.82, 2.24) is 4.90 Å². The van der Waals surface area contributed by atoms with Gasteiger partial charge in [0.25, 0.3) is 5.69 Å². The zero-order valence-electron chi connectivity index (χ0n) is 14.8. The zero-order chi connectivity index (χ0) is 18.4. The lowest BCUT2D eigenvalue weighted by molar-refractivity contribution is -0.384. The average molecular weight is 355 g/mol. The van der Waals surface area contributed by atoms with E-state index in [2.05, 4.69) is 29.2 Å². The maximum Gasteiger partial charge on any atom is 0.295 e. The van der Waals surface area contributed by atoms with Gasteiger partial charge in [0, 0.05) is 12.6 Å². The quantitative estimate of drug-likeness (QED) is 0.466. The molecule has 26 heavy (non-hydrogen) atoms. The van der Waals surface area contributed by atoms with Crippen molar-refractivity contribution in [2.75, 3.05) is 25.4 Å². The molecule has 0 radical (unpaired) electrons. The highest BCUT2D eigenvalue weighted by Crippen LogP contribution is 2.26. The Morgan fingerprint density at radius 2 is 2.00 bits per heavy atom. The van der Waals surface area contributed by atoms with E-state index in [0.29, 0.717) is 18.4 Å². The Hall–Kier alpha value is -2.60. The van der Waals surface area contributed by atoms with Crippen LogP contribution in [0.25, 0.3) is 0 Å². The van der Waals surface area contributed by atoms with Gasteiger partial charge in [-0.25, -0.2) is 0 Å². The van der Waals surface area contributed by atoms with Crippen LogP contribution in [0.4, 0.5) is 11.4 Å². The van der Waals surface area contributed by atoms with E-state index in [0.717, 1.165) is 19.5 Å². The minimum atomic E-state index is -0.483. The van der Waals surface area contributed by atoms with Crippen LogP contribution in [0.2, 0.25) is 0 Å². The van der Waals surface area contributed by atoms with Crippen molar-refractivity contribution in [3.63, 3.8) is 0 Å². The lowest BCUT2D eigenvalue weighted by Gasteiger charge is -2.35. The summed E-state index contributed by atoms with van der Waals surface area (Å²) >= 11 is 0. The molecule has 1 saturated heterocycles. The molecule has 0 aromatic heterocycles. The Labute approximate surface area is 153 Å². The van der Waals surface area contributed by atoms with Crippen molar-refractivity contribution < 1.29 is 9.66 Å². The van der Waals surface area contributed by atoms with Gasteiger partial charge >= 0.3 is 0 Å². The van der Waals surface area contributed by atoms with Crippen LogP contribution in [-0.4, -0.2) is 35.6 Å². The Morgan fingerprint density at radius 3 is 2.77 bits per heavy atom. The Balaban J connectivity index is 1.55. The molecule has 0 spiro atoms. The van der Waals surface area contributed by atoms with Crippen LogP contribution in [0.3, 0.4) is 0 Å². The van der Waals surface area contributed by atoms with Crippen LogP contribution in [0.1, 0.15) is 24.8 Å². The molecule has 1 heterocycles. The molecule has 3 rings (SSSR count). The van der Waals surface area contributed by atoms with Gasteiger partial charge in [-0.3, -0.25) is 15.0 Å². The molecule has 1 atom stereocenters. The Morgan fingerprint density at radius 1 is 1.19 bits per heavy atom. The number of nitrogens with zero attached hydrogens (tertiary/aromatic N) is 2. The largest absolute Gasteiger partial charge is 0.492 e. The van der Waals surface area contributed by atoms with Crippen molar-refractivity contribution in [2.45, 2.75) is 31.7 Å². The van der Waals surface area contributed by atoms with Gasteiger partial charge in [0.15, 0.2) is 0 Å². The van der Waals surface area contributed by atoms with Crippen molar-refractivity contribution in [3.8, 4) is 5.75 Å². The van der Waals surface area contributed by atoms with Crippen LogP contribution in [0, 0.1) is 10.1 Å². The molecule has 6 heteroatoms. The van der Waals surface area contributed by atoms with E-state index in [1.807, 2.05) is 6.07 Å². The first kappa shape index (κ1) is 18.2. The molecule has 1 aliphatic rings. The van der Waals surface area contributed by atoms with E-state index < -0.39 is 4.92 Å². The van der Waals surface area contributed by atoms with E-state index in [1.165, 1.54) is 37.0 Å². The highest BCUT2D eigenvalue weighted by atomic mass is 16.6. The van der Waals surface area contributed by atoms with E-state index in [-0.39, 0.29) is 11.4 Å². The first-order valence-corrected chi connectivity index (χ1v) is 9.08. The lowest BCUT2D eigenvalue weighted by atomic mass is 9.96. The van der Waals surface area contributed by atoms with E-state index in [4.69, 9.17) is 10.5 Å². The minimum absolute atomic E-state index is 0.109. The van der Waals surface area contributed by atoms with Gasteiger partial charge in [-0.05, 0) is 43.5 Å². The number of nitro groups is 1. The number of hydrogen-bond acceptors (Lipinski definition) is 5. The monoisotopic (exact) mass is 355 g/mol. The van der Waals surface area contributed by atoms with E-state index >= 15 is 0 Å². The maximum absolute atomic E-state index is 11.0. The van der Waals surface area contributed by atoms with Crippen LogP contribution in [-0.2, 0) is 6.42 Å². The summed E-state index contributed by atoms with van der Waals surface area (Å²) in [7, 11) is 0. The summed E-state index contributed by atoms with van der Waals surface area (Å²) in [6.07, 6.45) is 4.72. The third-order valence-corrected chi connectivity index (χ3v) is 4.91. The van der Waals surface area contributed by atoms with Crippen LogP contribution in [0.15, 0.2) is 48.5 Å². The number of piperidine rings is 1. The molecule has 6 nitrogen and oxygen atoms in total. The molecule has 2 aromatic rings. The number of nitro benzene ring substituents is 1. The van der Waals surface area contributed by atoms with Crippen molar-refractivity contribution >= 4 is 11.4 Å². The first-order valence-electron chi connectivity index (χ1n) is 9.08. The number of hydrogen-bond donors (Lipinski definition) is 1. The number of likely N-dealkylation sites (tertiary alicyclic amines) is 1. The summed E-state index contributed by atoms with van der Waals surface area (Å²) in [5.74, 6) is 0.488. The first-order chi connectivity index (χ1) is 12.6. The van der Waals surface area contributed by atoms with Crippen molar-refractivity contribution in [2.24, 2.45) is 0 Å². The van der Waals surface area contributed by atoms with Crippen LogP contribution < -0.4 is 10.5 Å². The fraction of sp³-hybridized carbons (Fsp3) is 0.400. The second kappa shape index (κ2) is 8.67. The van der Waals surface area contributed by atoms with Gasteiger partial charge in [0.05, 0.1) is 11.0 Å². The topological polar surface area (TPSA) is 81.6 Å². The summed E-state index contributed by atoms with van der Waals surface area (Å²) in [6, 6.07) is 15.7.